The van der Waals surface area contributed by atoms with E-state index in [4.69, 9.17) is 19.9 Å². The molecule has 0 saturated carbocycles. The molecule has 0 aliphatic rings. The second-order valence-electron chi connectivity index (χ2n) is 4.11. The molecule has 0 aromatic carbocycles. The van der Waals surface area contributed by atoms with Crippen molar-refractivity contribution in [3.63, 3.8) is 0 Å². The molecule has 0 atom stereocenters. The average Bonchev–Trinajstić information content (AvgIpc) is 2.42. The summed E-state index contributed by atoms with van der Waals surface area (Å²) in [6.07, 6.45) is 2.01. The number of hydrogen-bond acceptors (Lipinski definition) is 6. The maximum absolute atomic E-state index is 11.5. The van der Waals surface area contributed by atoms with Gasteiger partial charge in [-0.1, -0.05) is 0 Å². The van der Waals surface area contributed by atoms with Crippen LogP contribution in [0, 0.1) is 0 Å². The van der Waals surface area contributed by atoms with Crippen molar-refractivity contribution in [3.8, 4) is 0 Å². The Kier molecular flexibility index (Phi) is 7.38. The van der Waals surface area contributed by atoms with Crippen molar-refractivity contribution in [3.05, 3.63) is 28.7 Å². The van der Waals surface area contributed by atoms with Gasteiger partial charge in [0.15, 0.2) is 0 Å². The molecule has 1 heterocycles. The first-order chi connectivity index (χ1) is 9.63. The van der Waals surface area contributed by atoms with Crippen molar-refractivity contribution in [2.75, 3.05) is 39.3 Å². The number of nitrogens with zero attached hydrogens (tertiary/aromatic N) is 1. The van der Waals surface area contributed by atoms with Gasteiger partial charge in [-0.2, -0.15) is 0 Å². The minimum atomic E-state index is -0.477. The number of rotatable bonds is 9. The van der Waals surface area contributed by atoms with Gasteiger partial charge in [0.1, 0.15) is 6.54 Å². The van der Waals surface area contributed by atoms with E-state index in [1.165, 1.54) is 22.9 Å². The van der Waals surface area contributed by atoms with Crippen molar-refractivity contribution in [1.29, 1.82) is 0 Å². The van der Waals surface area contributed by atoms with Gasteiger partial charge >= 0.3 is 5.97 Å². The van der Waals surface area contributed by atoms with Crippen LogP contribution in [0.15, 0.2) is 23.1 Å². The lowest BCUT2D eigenvalue weighted by Gasteiger charge is -2.07. The molecule has 2 N–H and O–H groups in total. The number of carbonyl (C=O) groups excluding carboxylic acids is 1. The zero-order chi connectivity index (χ0) is 14.8. The molecule has 0 spiro atoms. The van der Waals surface area contributed by atoms with Crippen LogP contribution in [0.5, 0.6) is 0 Å². The number of nitrogen functional groups attached to an aromatic ring is 1. The minimum absolute atomic E-state index is 0.144. The number of hydrogen-bond donors (Lipinski definition) is 1. The molecule has 112 valence electrons. The summed E-state index contributed by atoms with van der Waals surface area (Å²) < 4.78 is 16.3. The third kappa shape index (κ3) is 6.35. The van der Waals surface area contributed by atoms with Gasteiger partial charge in [-0.25, -0.2) is 0 Å². The van der Waals surface area contributed by atoms with Crippen LogP contribution in [0.25, 0.3) is 0 Å². The number of anilines is 1. The first-order valence-corrected chi connectivity index (χ1v) is 6.31. The summed E-state index contributed by atoms with van der Waals surface area (Å²) in [6.45, 7) is 1.66. The maximum atomic E-state index is 11.5. The first kappa shape index (κ1) is 16.2. The van der Waals surface area contributed by atoms with Gasteiger partial charge in [0.05, 0.1) is 19.8 Å². The van der Waals surface area contributed by atoms with Gasteiger partial charge in [-0.05, 0) is 6.07 Å². The maximum Gasteiger partial charge on any atom is 0.326 e. The van der Waals surface area contributed by atoms with E-state index in [1.54, 1.807) is 7.11 Å². The van der Waals surface area contributed by atoms with Gasteiger partial charge in [0, 0.05) is 38.1 Å². The van der Waals surface area contributed by atoms with Crippen LogP contribution in [-0.2, 0) is 25.5 Å². The summed E-state index contributed by atoms with van der Waals surface area (Å²) in [5.74, 6) is -0.477. The predicted octanol–water partition coefficient (Wildman–Crippen LogP) is 0.0268. The first-order valence-electron chi connectivity index (χ1n) is 6.31. The summed E-state index contributed by atoms with van der Waals surface area (Å²) >= 11 is 0. The highest BCUT2D eigenvalue weighted by molar-refractivity contribution is 5.69. The summed E-state index contributed by atoms with van der Waals surface area (Å²) in [5, 5.41) is 0. The fourth-order valence-electron chi connectivity index (χ4n) is 1.45. The average molecular weight is 284 g/mol. The monoisotopic (exact) mass is 284 g/mol. The third-order valence-corrected chi connectivity index (χ3v) is 2.43. The molecule has 0 fully saturated rings. The largest absolute Gasteiger partial charge is 0.464 e. The fourth-order valence-corrected chi connectivity index (χ4v) is 1.45. The Morgan fingerprint density at radius 3 is 2.80 bits per heavy atom. The van der Waals surface area contributed by atoms with E-state index in [2.05, 4.69) is 0 Å². The molecule has 7 nitrogen and oxygen atoms in total. The smallest absolute Gasteiger partial charge is 0.326 e. The quantitative estimate of drug-likeness (QED) is 0.508. The molecule has 0 saturated heterocycles. The van der Waals surface area contributed by atoms with Gasteiger partial charge < -0.3 is 24.5 Å². The number of carbonyl (C=O) groups is 1. The van der Waals surface area contributed by atoms with E-state index < -0.39 is 5.97 Å². The van der Waals surface area contributed by atoms with Crippen molar-refractivity contribution in [1.82, 2.24) is 4.57 Å². The Morgan fingerprint density at radius 1 is 1.25 bits per heavy atom. The zero-order valence-corrected chi connectivity index (χ0v) is 11.5. The van der Waals surface area contributed by atoms with Crippen LogP contribution >= 0.6 is 0 Å². The highest BCUT2D eigenvalue weighted by Crippen LogP contribution is 1.96. The highest BCUT2D eigenvalue weighted by atomic mass is 16.5. The van der Waals surface area contributed by atoms with E-state index in [-0.39, 0.29) is 18.7 Å². The van der Waals surface area contributed by atoms with Crippen LogP contribution in [-0.4, -0.2) is 44.1 Å². The number of pyridine rings is 1. The van der Waals surface area contributed by atoms with Crippen LogP contribution in [0.4, 0.5) is 5.69 Å². The molecule has 20 heavy (non-hydrogen) atoms. The van der Waals surface area contributed by atoms with Crippen LogP contribution in [0.1, 0.15) is 6.42 Å². The normalized spacial score (nSPS) is 10.4. The topological polar surface area (TPSA) is 92.8 Å². The third-order valence-electron chi connectivity index (χ3n) is 2.43. The number of esters is 1. The summed E-state index contributed by atoms with van der Waals surface area (Å²) in [6, 6.07) is 2.80. The van der Waals surface area contributed by atoms with E-state index >= 15 is 0 Å². The number of ether oxygens (including phenoxy) is 3. The van der Waals surface area contributed by atoms with Crippen LogP contribution in [0.2, 0.25) is 0 Å². The minimum Gasteiger partial charge on any atom is -0.464 e. The van der Waals surface area contributed by atoms with Gasteiger partial charge in [-0.3, -0.25) is 9.59 Å². The van der Waals surface area contributed by atoms with E-state index in [9.17, 15) is 9.59 Å². The Morgan fingerprint density at radius 2 is 2.05 bits per heavy atom. The number of nitrogens with two attached hydrogens (primary N) is 1. The molecule has 0 unspecified atom stereocenters. The van der Waals surface area contributed by atoms with Crippen LogP contribution < -0.4 is 11.3 Å². The lowest BCUT2D eigenvalue weighted by molar-refractivity contribution is -0.144. The molecule has 1 aromatic heterocycles. The molecule has 1 rings (SSSR count). The molecule has 0 aliphatic heterocycles. The molecule has 0 radical (unpaired) electrons. The van der Waals surface area contributed by atoms with Gasteiger partial charge in [0.25, 0.3) is 5.56 Å². The predicted molar refractivity (Wildman–Crippen MR) is 73.4 cm³/mol. The molecule has 1 aromatic rings. The standard InChI is InChI=1S/C13H20N2O5/c1-18-7-8-19-5-2-6-20-13(17)10-15-9-11(14)3-4-12(15)16/h3-4,9H,2,5-8,10,14H2,1H3. The van der Waals surface area contributed by atoms with Gasteiger partial charge in [-0.15, -0.1) is 0 Å². The number of aromatic nitrogens is 1. The van der Waals surface area contributed by atoms with Crippen molar-refractivity contribution < 1.29 is 19.0 Å². The second kappa shape index (κ2) is 9.11. The fraction of sp³-hybridized carbons (Fsp3) is 0.538. The lowest BCUT2D eigenvalue weighted by atomic mass is 10.4. The Hall–Kier alpha value is -1.86. The second-order valence-corrected chi connectivity index (χ2v) is 4.11. The Labute approximate surface area is 117 Å². The lowest BCUT2D eigenvalue weighted by Crippen LogP contribution is -2.24. The van der Waals surface area contributed by atoms with Crippen molar-refractivity contribution in [2.45, 2.75) is 13.0 Å². The highest BCUT2D eigenvalue weighted by Gasteiger charge is 2.05. The molecular formula is C13H20N2O5. The molecule has 7 heteroatoms. The zero-order valence-electron chi connectivity index (χ0n) is 11.5. The molecular weight excluding hydrogens is 264 g/mol. The van der Waals surface area contributed by atoms with E-state index in [1.807, 2.05) is 0 Å². The van der Waals surface area contributed by atoms with Gasteiger partial charge in [0.2, 0.25) is 0 Å². The molecule has 0 amide bonds. The summed E-state index contributed by atoms with van der Waals surface area (Å²) in [5.41, 5.74) is 5.67. The SMILES string of the molecule is COCCOCCCOC(=O)Cn1cc(N)ccc1=O. The number of methoxy groups -OCH3 is 1. The summed E-state index contributed by atoms with van der Waals surface area (Å²) in [7, 11) is 1.60. The Balaban J connectivity index is 2.20. The van der Waals surface area contributed by atoms with E-state index in [0.29, 0.717) is 31.9 Å². The van der Waals surface area contributed by atoms with Crippen LogP contribution in [0.3, 0.4) is 0 Å². The van der Waals surface area contributed by atoms with E-state index in [0.717, 1.165) is 0 Å². The molecule has 0 bridgehead atoms. The van der Waals surface area contributed by atoms with Crippen molar-refractivity contribution >= 4 is 11.7 Å². The van der Waals surface area contributed by atoms with Crippen molar-refractivity contribution in [2.24, 2.45) is 0 Å². The molecule has 0 aliphatic carbocycles. The summed E-state index contributed by atoms with van der Waals surface area (Å²) in [4.78, 5) is 23.0. The Bertz CT molecular complexity index is 472.